The Morgan fingerprint density at radius 3 is 2.53 bits per heavy atom. The van der Waals surface area contributed by atoms with Gasteiger partial charge in [0.1, 0.15) is 0 Å². The highest BCUT2D eigenvalue weighted by molar-refractivity contribution is 5.85. The number of amides is 1. The van der Waals surface area contributed by atoms with Gasteiger partial charge in [-0.2, -0.15) is 0 Å². The predicted molar refractivity (Wildman–Crippen MR) is 69.5 cm³/mol. The van der Waals surface area contributed by atoms with Gasteiger partial charge in [-0.3, -0.25) is 9.59 Å². The lowest BCUT2D eigenvalue weighted by molar-refractivity contribution is -0.146. The number of hydrogen-bond acceptors (Lipinski definition) is 3. The molecule has 3 unspecified atom stereocenters. The fourth-order valence-corrected chi connectivity index (χ4v) is 3.26. The molecule has 0 aromatic rings. The number of nitrogens with one attached hydrogen (secondary N) is 1. The van der Waals surface area contributed by atoms with Crippen LogP contribution < -0.4 is 5.32 Å². The van der Waals surface area contributed by atoms with Crippen molar-refractivity contribution in [1.82, 2.24) is 5.32 Å². The Bertz CT molecular complexity index is 357. The summed E-state index contributed by atoms with van der Waals surface area (Å²) in [6.07, 6.45) is 2.43. The molecule has 5 nitrogen and oxygen atoms in total. The number of rotatable bonds is 4. The Balaban J connectivity index is 1.86. The first-order chi connectivity index (χ1) is 8.99. The van der Waals surface area contributed by atoms with Crippen LogP contribution >= 0.6 is 0 Å². The van der Waals surface area contributed by atoms with E-state index in [2.05, 4.69) is 5.32 Å². The molecule has 1 amide bonds. The van der Waals surface area contributed by atoms with Crippen LogP contribution in [-0.2, 0) is 14.3 Å². The number of carboxylic acid groups (broad SMARTS) is 1. The molecule has 2 fully saturated rings. The number of carboxylic acids is 1. The molecule has 2 aliphatic rings. The predicted octanol–water partition coefficient (Wildman–Crippen LogP) is 1.27. The van der Waals surface area contributed by atoms with E-state index in [0.29, 0.717) is 31.2 Å². The molecule has 0 spiro atoms. The molecule has 1 aliphatic heterocycles. The van der Waals surface area contributed by atoms with Gasteiger partial charge >= 0.3 is 5.97 Å². The van der Waals surface area contributed by atoms with Gasteiger partial charge in [0, 0.05) is 19.1 Å². The van der Waals surface area contributed by atoms with E-state index in [4.69, 9.17) is 4.74 Å². The molecule has 2 rings (SSSR count). The van der Waals surface area contributed by atoms with E-state index in [-0.39, 0.29) is 17.9 Å². The minimum absolute atomic E-state index is 0.101. The average Bonchev–Trinajstić information content (AvgIpc) is 2.92. The molecule has 2 N–H and O–H groups in total. The minimum Gasteiger partial charge on any atom is -0.481 e. The standard InChI is InChI=1S/C14H23NO4/c1-8-5-11(12(6-8)14(17)18)13(16)15-7-10-3-4-19-9(10)2/h8-12H,3-7H2,1-2H3,(H,15,16)(H,17,18)/t8?,9?,10?,11-,12+/m0/s1. The monoisotopic (exact) mass is 269 g/mol. The van der Waals surface area contributed by atoms with E-state index in [9.17, 15) is 14.7 Å². The lowest BCUT2D eigenvalue weighted by atomic mass is 9.95. The van der Waals surface area contributed by atoms with Gasteiger partial charge in [-0.05, 0) is 32.1 Å². The van der Waals surface area contributed by atoms with Gasteiger partial charge in [-0.1, -0.05) is 6.92 Å². The van der Waals surface area contributed by atoms with Crippen LogP contribution in [-0.4, -0.2) is 36.2 Å². The molecule has 0 bridgehead atoms. The molecule has 1 saturated carbocycles. The van der Waals surface area contributed by atoms with Crippen molar-refractivity contribution in [3.8, 4) is 0 Å². The van der Waals surface area contributed by atoms with Crippen LogP contribution in [0, 0.1) is 23.7 Å². The summed E-state index contributed by atoms with van der Waals surface area (Å²) >= 11 is 0. The summed E-state index contributed by atoms with van der Waals surface area (Å²) in [5.74, 6) is -1.17. The van der Waals surface area contributed by atoms with E-state index >= 15 is 0 Å². The van der Waals surface area contributed by atoms with E-state index in [0.717, 1.165) is 13.0 Å². The molecule has 1 heterocycles. The zero-order chi connectivity index (χ0) is 14.0. The third kappa shape index (κ3) is 3.26. The molecular weight excluding hydrogens is 246 g/mol. The molecule has 0 aromatic carbocycles. The molecule has 108 valence electrons. The van der Waals surface area contributed by atoms with Crippen LogP contribution in [0.1, 0.15) is 33.1 Å². The van der Waals surface area contributed by atoms with Gasteiger partial charge in [-0.25, -0.2) is 0 Å². The topological polar surface area (TPSA) is 75.6 Å². The van der Waals surface area contributed by atoms with Crippen molar-refractivity contribution < 1.29 is 19.4 Å². The average molecular weight is 269 g/mol. The van der Waals surface area contributed by atoms with E-state index in [1.807, 2.05) is 13.8 Å². The van der Waals surface area contributed by atoms with Gasteiger partial charge in [0.05, 0.1) is 17.9 Å². The van der Waals surface area contributed by atoms with Gasteiger partial charge < -0.3 is 15.2 Å². The van der Waals surface area contributed by atoms with Crippen molar-refractivity contribution in [2.75, 3.05) is 13.2 Å². The molecule has 1 saturated heterocycles. The van der Waals surface area contributed by atoms with Gasteiger partial charge in [0.25, 0.3) is 0 Å². The van der Waals surface area contributed by atoms with Gasteiger partial charge in [0.2, 0.25) is 5.91 Å². The molecular formula is C14H23NO4. The maximum absolute atomic E-state index is 12.2. The van der Waals surface area contributed by atoms with Crippen LogP contribution in [0.25, 0.3) is 0 Å². The van der Waals surface area contributed by atoms with Crippen molar-refractivity contribution in [1.29, 1.82) is 0 Å². The summed E-state index contributed by atoms with van der Waals surface area (Å²) in [5, 5.41) is 12.1. The smallest absolute Gasteiger partial charge is 0.307 e. The Morgan fingerprint density at radius 1 is 1.26 bits per heavy atom. The SMILES string of the molecule is CC1C[C@H](C(=O)NCC2CCOC2C)[C@H](C(=O)O)C1. The van der Waals surface area contributed by atoms with Crippen molar-refractivity contribution in [3.05, 3.63) is 0 Å². The van der Waals surface area contributed by atoms with Gasteiger partial charge in [-0.15, -0.1) is 0 Å². The van der Waals surface area contributed by atoms with Crippen LogP contribution in [0.4, 0.5) is 0 Å². The number of aliphatic carboxylic acids is 1. The second-order valence-corrected chi connectivity index (χ2v) is 6.00. The third-order valence-corrected chi connectivity index (χ3v) is 4.52. The number of carbonyl (C=O) groups excluding carboxylic acids is 1. The van der Waals surface area contributed by atoms with E-state index < -0.39 is 11.9 Å². The van der Waals surface area contributed by atoms with Crippen molar-refractivity contribution >= 4 is 11.9 Å². The summed E-state index contributed by atoms with van der Waals surface area (Å²) < 4.78 is 5.45. The maximum atomic E-state index is 12.2. The van der Waals surface area contributed by atoms with Crippen LogP contribution in [0.5, 0.6) is 0 Å². The first kappa shape index (κ1) is 14.3. The maximum Gasteiger partial charge on any atom is 0.307 e. The Hall–Kier alpha value is -1.10. The van der Waals surface area contributed by atoms with Crippen LogP contribution in [0.2, 0.25) is 0 Å². The van der Waals surface area contributed by atoms with Crippen molar-refractivity contribution in [2.45, 2.75) is 39.2 Å². The Labute approximate surface area is 113 Å². The number of hydrogen-bond donors (Lipinski definition) is 2. The summed E-state index contributed by atoms with van der Waals surface area (Å²) in [6.45, 7) is 5.37. The molecule has 5 heteroatoms. The van der Waals surface area contributed by atoms with Crippen LogP contribution in [0.3, 0.4) is 0 Å². The van der Waals surface area contributed by atoms with Crippen molar-refractivity contribution in [2.24, 2.45) is 23.7 Å². The lowest BCUT2D eigenvalue weighted by Gasteiger charge is -2.19. The lowest BCUT2D eigenvalue weighted by Crippen LogP contribution is -2.38. The minimum atomic E-state index is -0.845. The second-order valence-electron chi connectivity index (χ2n) is 6.00. The highest BCUT2D eigenvalue weighted by Crippen LogP contribution is 2.36. The fourth-order valence-electron chi connectivity index (χ4n) is 3.26. The number of carbonyl (C=O) groups is 2. The van der Waals surface area contributed by atoms with Crippen LogP contribution in [0.15, 0.2) is 0 Å². The second kappa shape index (κ2) is 5.90. The normalized spacial score (nSPS) is 38.3. The third-order valence-electron chi connectivity index (χ3n) is 4.52. The zero-order valence-electron chi connectivity index (χ0n) is 11.6. The Kier molecular flexibility index (Phi) is 4.45. The molecule has 1 aliphatic carbocycles. The fraction of sp³-hybridized carbons (Fsp3) is 0.857. The first-order valence-electron chi connectivity index (χ1n) is 7.11. The molecule has 5 atom stereocenters. The molecule has 0 aromatic heterocycles. The first-order valence-corrected chi connectivity index (χ1v) is 7.11. The summed E-state index contributed by atoms with van der Waals surface area (Å²) in [6, 6.07) is 0. The highest BCUT2D eigenvalue weighted by Gasteiger charge is 2.41. The zero-order valence-corrected chi connectivity index (χ0v) is 11.6. The summed E-state index contributed by atoms with van der Waals surface area (Å²) in [7, 11) is 0. The van der Waals surface area contributed by atoms with Crippen molar-refractivity contribution in [3.63, 3.8) is 0 Å². The largest absolute Gasteiger partial charge is 0.481 e. The summed E-state index contributed by atoms with van der Waals surface area (Å²) in [4.78, 5) is 23.3. The van der Waals surface area contributed by atoms with Gasteiger partial charge in [0.15, 0.2) is 0 Å². The summed E-state index contributed by atoms with van der Waals surface area (Å²) in [5.41, 5.74) is 0. The highest BCUT2D eigenvalue weighted by atomic mass is 16.5. The van der Waals surface area contributed by atoms with E-state index in [1.165, 1.54) is 0 Å². The van der Waals surface area contributed by atoms with E-state index in [1.54, 1.807) is 0 Å². The molecule has 0 radical (unpaired) electrons. The quantitative estimate of drug-likeness (QED) is 0.806. The molecule has 19 heavy (non-hydrogen) atoms. The Morgan fingerprint density at radius 2 is 1.95 bits per heavy atom. The number of ether oxygens (including phenoxy) is 1.